The maximum Gasteiger partial charge on any atom is 0.417 e. The highest BCUT2D eigenvalue weighted by Crippen LogP contribution is 2.38. The molecule has 2 aromatic rings. The van der Waals surface area contributed by atoms with Crippen molar-refractivity contribution < 1.29 is 28.2 Å². The summed E-state index contributed by atoms with van der Waals surface area (Å²) in [6, 6.07) is 1.20. The van der Waals surface area contributed by atoms with Crippen LogP contribution < -0.4 is 10.6 Å². The molecule has 1 fully saturated rings. The molecule has 218 valence electrons. The Morgan fingerprint density at radius 2 is 1.75 bits per heavy atom. The number of aromatic nitrogens is 2. The van der Waals surface area contributed by atoms with E-state index < -0.39 is 35.1 Å². The Morgan fingerprint density at radius 3 is 2.35 bits per heavy atom. The van der Waals surface area contributed by atoms with Crippen LogP contribution in [0.2, 0.25) is 0 Å². The largest absolute Gasteiger partial charge is 0.444 e. The second kappa shape index (κ2) is 11.3. The molecule has 10 nitrogen and oxygen atoms in total. The molecule has 1 aliphatic carbocycles. The van der Waals surface area contributed by atoms with Gasteiger partial charge in [-0.3, -0.25) is 4.79 Å². The van der Waals surface area contributed by atoms with Crippen LogP contribution in [-0.2, 0) is 22.4 Å². The number of imide groups is 1. The quantitative estimate of drug-likeness (QED) is 0.442. The first-order chi connectivity index (χ1) is 18.7. The van der Waals surface area contributed by atoms with Crippen molar-refractivity contribution in [3.63, 3.8) is 0 Å². The fraction of sp³-hybridized carbons (Fsp3) is 0.607. The molecular weight excluding hydrogens is 537 g/mol. The number of ether oxygens (including phenoxy) is 2. The average Bonchev–Trinajstić information content (AvgIpc) is 3.45. The van der Waals surface area contributed by atoms with Gasteiger partial charge < -0.3 is 20.1 Å². The van der Waals surface area contributed by atoms with E-state index in [-0.39, 0.29) is 41.3 Å². The van der Waals surface area contributed by atoms with E-state index in [9.17, 15) is 14.4 Å². The number of anilines is 1. The molecule has 0 spiro atoms. The normalized spacial score (nSPS) is 19.3. The molecule has 3 heterocycles. The molecule has 1 aliphatic heterocycles. The zero-order valence-corrected chi connectivity index (χ0v) is 25.0. The monoisotopic (exact) mass is 575 g/mol. The summed E-state index contributed by atoms with van der Waals surface area (Å²) in [5.41, 5.74) is -0.293. The highest BCUT2D eigenvalue weighted by atomic mass is 32.1. The van der Waals surface area contributed by atoms with Gasteiger partial charge in [-0.1, -0.05) is 19.8 Å². The molecule has 4 rings (SSSR count). The molecule has 2 N–H and O–H groups in total. The van der Waals surface area contributed by atoms with Gasteiger partial charge in [-0.25, -0.2) is 23.9 Å². The van der Waals surface area contributed by atoms with Gasteiger partial charge in [0.15, 0.2) is 11.6 Å². The van der Waals surface area contributed by atoms with Crippen LogP contribution in [0.1, 0.15) is 95.8 Å². The molecule has 2 aliphatic rings. The van der Waals surface area contributed by atoms with Crippen molar-refractivity contribution in [1.82, 2.24) is 19.6 Å². The van der Waals surface area contributed by atoms with E-state index in [1.807, 2.05) is 13.0 Å². The van der Waals surface area contributed by atoms with Crippen LogP contribution in [0.15, 0.2) is 6.07 Å². The Balaban J connectivity index is 1.70. The molecule has 2 atom stereocenters. The van der Waals surface area contributed by atoms with Crippen LogP contribution in [0.5, 0.6) is 0 Å². The standard InChI is InChI=1S/C28H38FN5O5S/c1-8-15-13-19(40-33-15)22-20-16(14-34(24(20)35)26(37)39-28(5,6)7)21(29)23(32-22)30-17-11-9-10-12-18(17)31-25(36)38-27(2,3)4/h13,17-18H,8-12,14H2,1-7H3,(H,30,32)(H,31,36). The molecule has 0 saturated heterocycles. The minimum atomic E-state index is -0.846. The van der Waals surface area contributed by atoms with Gasteiger partial charge in [-0.05, 0) is 78.4 Å². The lowest BCUT2D eigenvalue weighted by atomic mass is 9.90. The molecule has 2 unspecified atom stereocenters. The van der Waals surface area contributed by atoms with Crippen LogP contribution >= 0.6 is 11.5 Å². The number of nitrogens with zero attached hydrogens (tertiary/aromatic N) is 3. The molecule has 1 saturated carbocycles. The third kappa shape index (κ3) is 6.71. The zero-order chi connectivity index (χ0) is 29.4. The van der Waals surface area contributed by atoms with Crippen molar-refractivity contribution >= 4 is 35.4 Å². The number of fused-ring (bicyclic) bond motifs is 1. The highest BCUT2D eigenvalue weighted by molar-refractivity contribution is 7.09. The lowest BCUT2D eigenvalue weighted by Crippen LogP contribution is -2.50. The van der Waals surface area contributed by atoms with Gasteiger partial charge in [0.1, 0.15) is 11.2 Å². The van der Waals surface area contributed by atoms with Gasteiger partial charge in [0.2, 0.25) is 0 Å². The summed E-state index contributed by atoms with van der Waals surface area (Å²) in [6.45, 7) is 12.2. The number of pyridine rings is 1. The van der Waals surface area contributed by atoms with E-state index in [1.165, 1.54) is 11.5 Å². The number of carbonyl (C=O) groups is 3. The van der Waals surface area contributed by atoms with E-state index in [4.69, 9.17) is 9.47 Å². The van der Waals surface area contributed by atoms with Crippen LogP contribution in [-0.4, -0.2) is 55.6 Å². The predicted molar refractivity (Wildman–Crippen MR) is 150 cm³/mol. The summed E-state index contributed by atoms with van der Waals surface area (Å²) < 4.78 is 31.3. The van der Waals surface area contributed by atoms with E-state index in [0.717, 1.165) is 23.4 Å². The Bertz CT molecular complexity index is 1300. The second-order valence-electron chi connectivity index (χ2n) is 12.2. The fourth-order valence-electron chi connectivity index (χ4n) is 4.80. The van der Waals surface area contributed by atoms with E-state index >= 15 is 4.39 Å². The van der Waals surface area contributed by atoms with Gasteiger partial charge in [0.25, 0.3) is 5.91 Å². The second-order valence-corrected chi connectivity index (χ2v) is 13.0. The number of halogens is 1. The Hall–Kier alpha value is -3.28. The highest BCUT2D eigenvalue weighted by Gasteiger charge is 2.41. The lowest BCUT2D eigenvalue weighted by molar-refractivity contribution is 0.0247. The maximum absolute atomic E-state index is 16.1. The average molecular weight is 576 g/mol. The Kier molecular flexibility index (Phi) is 8.39. The molecule has 0 aromatic carbocycles. The van der Waals surface area contributed by atoms with Crippen LogP contribution in [0.25, 0.3) is 10.6 Å². The molecule has 2 aromatic heterocycles. The van der Waals surface area contributed by atoms with Crippen LogP contribution in [0, 0.1) is 5.82 Å². The third-order valence-electron chi connectivity index (χ3n) is 6.57. The van der Waals surface area contributed by atoms with Crippen molar-refractivity contribution in [2.75, 3.05) is 5.32 Å². The van der Waals surface area contributed by atoms with Gasteiger partial charge in [-0.15, -0.1) is 0 Å². The number of alkyl carbamates (subject to hydrolysis) is 1. The zero-order valence-electron chi connectivity index (χ0n) is 24.1. The van der Waals surface area contributed by atoms with Crippen molar-refractivity contribution in [2.45, 2.75) is 110 Å². The molecule has 0 radical (unpaired) electrons. The Morgan fingerprint density at radius 1 is 1.10 bits per heavy atom. The number of rotatable bonds is 5. The summed E-state index contributed by atoms with van der Waals surface area (Å²) in [4.78, 5) is 44.9. The van der Waals surface area contributed by atoms with Gasteiger partial charge in [-0.2, -0.15) is 4.37 Å². The van der Waals surface area contributed by atoms with Gasteiger partial charge in [0, 0.05) is 11.6 Å². The first-order valence-corrected chi connectivity index (χ1v) is 14.4. The number of nitrogens with one attached hydrogen (secondary N) is 2. The van der Waals surface area contributed by atoms with Gasteiger partial charge in [0.05, 0.1) is 34.4 Å². The van der Waals surface area contributed by atoms with Gasteiger partial charge >= 0.3 is 12.2 Å². The van der Waals surface area contributed by atoms with Crippen molar-refractivity contribution in [3.8, 4) is 10.6 Å². The minimum absolute atomic E-state index is 0.0345. The van der Waals surface area contributed by atoms with Crippen LogP contribution in [0.3, 0.4) is 0 Å². The van der Waals surface area contributed by atoms with E-state index in [0.29, 0.717) is 24.1 Å². The van der Waals surface area contributed by atoms with Crippen molar-refractivity contribution in [1.29, 1.82) is 0 Å². The summed E-state index contributed by atoms with van der Waals surface area (Å²) in [6.07, 6.45) is 2.47. The topological polar surface area (TPSA) is 123 Å². The maximum atomic E-state index is 16.1. The SMILES string of the molecule is CCc1cc(-c2nc(NC3CCCCC3NC(=O)OC(C)(C)C)c(F)c3c2C(=O)N(C(=O)OC(C)(C)C)C3)sn1. The molecule has 3 amide bonds. The number of hydrogen-bond acceptors (Lipinski definition) is 9. The van der Waals surface area contributed by atoms with E-state index in [2.05, 4.69) is 20.0 Å². The summed E-state index contributed by atoms with van der Waals surface area (Å²) in [5.74, 6) is -1.41. The minimum Gasteiger partial charge on any atom is -0.444 e. The van der Waals surface area contributed by atoms with E-state index in [1.54, 1.807) is 41.5 Å². The molecular formula is C28H38FN5O5S. The summed E-state index contributed by atoms with van der Waals surface area (Å²) in [5, 5.41) is 6.13. The lowest BCUT2D eigenvalue weighted by Gasteiger charge is -2.34. The van der Waals surface area contributed by atoms with Crippen LogP contribution in [0.4, 0.5) is 19.8 Å². The number of carbonyl (C=O) groups excluding carboxylic acids is 3. The number of hydrogen-bond donors (Lipinski definition) is 2. The fourth-order valence-corrected chi connectivity index (χ4v) is 5.62. The molecule has 12 heteroatoms. The number of amides is 3. The predicted octanol–water partition coefficient (Wildman–Crippen LogP) is 6.05. The molecule has 40 heavy (non-hydrogen) atoms. The first-order valence-electron chi connectivity index (χ1n) is 13.7. The number of aryl methyl sites for hydroxylation is 1. The first kappa shape index (κ1) is 29.7. The van der Waals surface area contributed by atoms with Crippen molar-refractivity contribution in [2.24, 2.45) is 0 Å². The third-order valence-corrected chi connectivity index (χ3v) is 7.40. The van der Waals surface area contributed by atoms with Crippen molar-refractivity contribution in [3.05, 3.63) is 28.7 Å². The smallest absolute Gasteiger partial charge is 0.417 e. The summed E-state index contributed by atoms with van der Waals surface area (Å²) >= 11 is 1.17. The molecule has 0 bridgehead atoms. The Labute approximate surface area is 238 Å². The summed E-state index contributed by atoms with van der Waals surface area (Å²) in [7, 11) is 0.